The van der Waals surface area contributed by atoms with Crippen LogP contribution in [-0.2, 0) is 12.0 Å². The molecule has 98 valence electrons. The van der Waals surface area contributed by atoms with Crippen LogP contribution in [0.15, 0.2) is 6.33 Å². The molecule has 0 aromatic carbocycles. The summed E-state index contributed by atoms with van der Waals surface area (Å²) in [6.45, 7) is 3.36. The number of aromatic amines is 1. The van der Waals surface area contributed by atoms with Crippen LogP contribution in [0.3, 0.4) is 0 Å². The number of imidazole rings is 1. The van der Waals surface area contributed by atoms with Gasteiger partial charge in [-0.1, -0.05) is 0 Å². The number of H-pyrrole nitrogens is 1. The van der Waals surface area contributed by atoms with E-state index in [0.717, 1.165) is 26.1 Å². The van der Waals surface area contributed by atoms with Crippen LogP contribution in [-0.4, -0.2) is 41.5 Å². The molecule has 17 heavy (non-hydrogen) atoms. The molecule has 1 saturated heterocycles. The van der Waals surface area contributed by atoms with Crippen molar-refractivity contribution >= 4 is 24.8 Å². The van der Waals surface area contributed by atoms with Crippen LogP contribution in [0.5, 0.6) is 0 Å². The van der Waals surface area contributed by atoms with Gasteiger partial charge in [-0.3, -0.25) is 4.90 Å². The van der Waals surface area contributed by atoms with E-state index in [1.54, 1.807) is 0 Å². The van der Waals surface area contributed by atoms with E-state index in [2.05, 4.69) is 27.2 Å². The number of fused-ring (bicyclic) bond motifs is 2. The fourth-order valence-electron chi connectivity index (χ4n) is 3.05. The summed E-state index contributed by atoms with van der Waals surface area (Å²) in [5, 5.41) is 3.44. The van der Waals surface area contributed by atoms with E-state index in [9.17, 15) is 0 Å². The number of piperidine rings is 1. The third-order valence-corrected chi connectivity index (χ3v) is 4.02. The van der Waals surface area contributed by atoms with Crippen molar-refractivity contribution < 1.29 is 0 Å². The number of hydrogen-bond donors (Lipinski definition) is 2. The molecule has 2 aliphatic heterocycles. The lowest BCUT2D eigenvalue weighted by Crippen LogP contribution is -2.54. The highest BCUT2D eigenvalue weighted by atomic mass is 35.5. The molecule has 3 rings (SSSR count). The Morgan fingerprint density at radius 1 is 1.29 bits per heavy atom. The number of halogens is 2. The molecule has 1 aromatic heterocycles. The lowest BCUT2D eigenvalue weighted by molar-refractivity contribution is 0.0647. The van der Waals surface area contributed by atoms with Gasteiger partial charge in [0.05, 0.1) is 17.6 Å². The maximum absolute atomic E-state index is 4.56. The maximum Gasteiger partial charge on any atom is 0.0926 e. The first kappa shape index (κ1) is 14.8. The molecule has 0 unspecified atom stereocenters. The zero-order valence-electron chi connectivity index (χ0n) is 10.0. The Balaban J connectivity index is 0.000000722. The molecule has 1 fully saturated rings. The summed E-state index contributed by atoms with van der Waals surface area (Å²) in [5.41, 5.74) is 2.87. The highest BCUT2D eigenvalue weighted by Gasteiger charge is 2.43. The summed E-state index contributed by atoms with van der Waals surface area (Å²) >= 11 is 0. The Bertz CT molecular complexity index is 360. The van der Waals surface area contributed by atoms with Gasteiger partial charge < -0.3 is 10.3 Å². The van der Waals surface area contributed by atoms with Gasteiger partial charge in [-0.25, -0.2) is 4.98 Å². The minimum Gasteiger partial charge on any atom is -0.348 e. The van der Waals surface area contributed by atoms with Crippen molar-refractivity contribution in [3.8, 4) is 0 Å². The SMILES string of the molecule is CN1CCc2[nH]cnc2C12CCNCC2.Cl.Cl. The van der Waals surface area contributed by atoms with E-state index in [1.165, 1.54) is 24.2 Å². The molecule has 2 aliphatic rings. The Kier molecular flexibility index (Phi) is 4.84. The van der Waals surface area contributed by atoms with Crippen LogP contribution < -0.4 is 5.32 Å². The van der Waals surface area contributed by atoms with Gasteiger partial charge in [-0.2, -0.15) is 0 Å². The molecule has 0 aliphatic carbocycles. The molecule has 0 bridgehead atoms. The van der Waals surface area contributed by atoms with Gasteiger partial charge in [0.15, 0.2) is 0 Å². The van der Waals surface area contributed by atoms with Crippen molar-refractivity contribution in [3.05, 3.63) is 17.7 Å². The van der Waals surface area contributed by atoms with Crippen LogP contribution in [0.4, 0.5) is 0 Å². The molecule has 0 atom stereocenters. The summed E-state index contributed by atoms with van der Waals surface area (Å²) in [4.78, 5) is 10.3. The minimum atomic E-state index is 0. The predicted molar refractivity (Wildman–Crippen MR) is 73.2 cm³/mol. The number of aromatic nitrogens is 2. The first-order valence-corrected chi connectivity index (χ1v) is 5.78. The molecule has 3 heterocycles. The molecule has 1 spiro atoms. The van der Waals surface area contributed by atoms with Crippen molar-refractivity contribution in [1.29, 1.82) is 0 Å². The fourth-order valence-corrected chi connectivity index (χ4v) is 3.05. The molecule has 0 amide bonds. The summed E-state index contributed by atoms with van der Waals surface area (Å²) < 4.78 is 0. The lowest BCUT2D eigenvalue weighted by Gasteiger charge is -2.46. The van der Waals surface area contributed by atoms with Crippen molar-refractivity contribution in [3.63, 3.8) is 0 Å². The van der Waals surface area contributed by atoms with Gasteiger partial charge in [0.2, 0.25) is 0 Å². The van der Waals surface area contributed by atoms with Crippen LogP contribution in [0.1, 0.15) is 24.2 Å². The van der Waals surface area contributed by atoms with E-state index in [1.807, 2.05) is 6.33 Å². The second kappa shape index (κ2) is 5.57. The molecule has 2 N–H and O–H groups in total. The van der Waals surface area contributed by atoms with Crippen LogP contribution in [0.2, 0.25) is 0 Å². The van der Waals surface area contributed by atoms with Gasteiger partial charge >= 0.3 is 0 Å². The first-order valence-electron chi connectivity index (χ1n) is 5.78. The number of nitrogens with one attached hydrogen (secondary N) is 2. The Hall–Kier alpha value is -0.290. The van der Waals surface area contributed by atoms with E-state index in [4.69, 9.17) is 0 Å². The molecular weight excluding hydrogens is 259 g/mol. The number of rotatable bonds is 0. The predicted octanol–water partition coefficient (Wildman–Crippen LogP) is 1.32. The molecule has 0 radical (unpaired) electrons. The molecule has 4 nitrogen and oxygen atoms in total. The molecule has 1 aromatic rings. The number of nitrogens with zero attached hydrogens (tertiary/aromatic N) is 2. The van der Waals surface area contributed by atoms with E-state index in [0.29, 0.717) is 0 Å². The summed E-state index contributed by atoms with van der Waals surface area (Å²) in [6, 6.07) is 0. The average Bonchev–Trinajstić information content (AvgIpc) is 2.75. The first-order chi connectivity index (χ1) is 7.33. The summed E-state index contributed by atoms with van der Waals surface area (Å²) in [5.74, 6) is 0. The van der Waals surface area contributed by atoms with Crippen molar-refractivity contribution in [1.82, 2.24) is 20.2 Å². The van der Waals surface area contributed by atoms with Crippen molar-refractivity contribution in [2.75, 3.05) is 26.7 Å². The molecular formula is C11H20Cl2N4. The quantitative estimate of drug-likeness (QED) is 0.753. The minimum absolute atomic E-state index is 0. The zero-order valence-corrected chi connectivity index (χ0v) is 11.7. The Morgan fingerprint density at radius 3 is 2.71 bits per heavy atom. The monoisotopic (exact) mass is 278 g/mol. The topological polar surface area (TPSA) is 44.0 Å². The van der Waals surface area contributed by atoms with Gasteiger partial charge in [0.25, 0.3) is 0 Å². The summed E-state index contributed by atoms with van der Waals surface area (Å²) in [7, 11) is 2.24. The van der Waals surface area contributed by atoms with E-state index < -0.39 is 0 Å². The van der Waals surface area contributed by atoms with Crippen LogP contribution in [0, 0.1) is 0 Å². The second-order valence-electron chi connectivity index (χ2n) is 4.68. The van der Waals surface area contributed by atoms with Gasteiger partial charge in [0, 0.05) is 18.7 Å². The number of likely N-dealkylation sites (N-methyl/N-ethyl adjacent to an activating group) is 1. The highest BCUT2D eigenvalue weighted by Crippen LogP contribution is 2.39. The Labute approximate surface area is 114 Å². The normalized spacial score (nSPS) is 22.4. The number of hydrogen-bond acceptors (Lipinski definition) is 3. The third kappa shape index (κ3) is 2.19. The average molecular weight is 279 g/mol. The van der Waals surface area contributed by atoms with Crippen LogP contribution in [0.25, 0.3) is 0 Å². The third-order valence-electron chi connectivity index (χ3n) is 4.02. The molecule has 0 saturated carbocycles. The van der Waals surface area contributed by atoms with Crippen molar-refractivity contribution in [2.45, 2.75) is 24.8 Å². The smallest absolute Gasteiger partial charge is 0.0926 e. The lowest BCUT2D eigenvalue weighted by atomic mass is 9.80. The van der Waals surface area contributed by atoms with Gasteiger partial charge in [-0.05, 0) is 33.0 Å². The maximum atomic E-state index is 4.56. The second-order valence-corrected chi connectivity index (χ2v) is 4.68. The van der Waals surface area contributed by atoms with Gasteiger partial charge in [-0.15, -0.1) is 24.8 Å². The highest BCUT2D eigenvalue weighted by molar-refractivity contribution is 5.85. The van der Waals surface area contributed by atoms with Crippen LogP contribution >= 0.6 is 24.8 Å². The fraction of sp³-hybridized carbons (Fsp3) is 0.727. The Morgan fingerprint density at radius 2 is 2.00 bits per heavy atom. The summed E-state index contributed by atoms with van der Waals surface area (Å²) in [6.07, 6.45) is 5.33. The van der Waals surface area contributed by atoms with Gasteiger partial charge in [0.1, 0.15) is 0 Å². The zero-order chi connectivity index (χ0) is 10.3. The van der Waals surface area contributed by atoms with E-state index in [-0.39, 0.29) is 30.4 Å². The largest absolute Gasteiger partial charge is 0.348 e. The van der Waals surface area contributed by atoms with Crippen molar-refractivity contribution in [2.24, 2.45) is 0 Å². The van der Waals surface area contributed by atoms with E-state index >= 15 is 0 Å². The standard InChI is InChI=1S/C11H18N4.2ClH/c1-15-7-2-9-10(14-8-13-9)11(15)3-5-12-6-4-11;;/h8,12H,2-7H2,1H3,(H,13,14);2*1H. The molecule has 6 heteroatoms.